The van der Waals surface area contributed by atoms with E-state index < -0.39 is 5.97 Å². The van der Waals surface area contributed by atoms with Crippen LogP contribution < -0.4 is 0 Å². The molecule has 6 heteroatoms. The van der Waals surface area contributed by atoms with Crippen molar-refractivity contribution in [1.29, 1.82) is 0 Å². The normalized spacial score (nSPS) is 18.3. The van der Waals surface area contributed by atoms with E-state index in [1.54, 1.807) is 6.33 Å². The molecule has 6 nitrogen and oxygen atoms in total. The fourth-order valence-electron chi connectivity index (χ4n) is 3.29. The van der Waals surface area contributed by atoms with Gasteiger partial charge in [-0.2, -0.15) is 0 Å². The van der Waals surface area contributed by atoms with E-state index in [-0.39, 0.29) is 24.9 Å². The predicted molar refractivity (Wildman–Crippen MR) is 86.0 cm³/mol. The Bertz CT molecular complexity index is 710. The van der Waals surface area contributed by atoms with Gasteiger partial charge < -0.3 is 14.6 Å². The van der Waals surface area contributed by atoms with E-state index in [4.69, 9.17) is 5.11 Å². The van der Waals surface area contributed by atoms with Gasteiger partial charge in [0, 0.05) is 19.0 Å². The zero-order valence-corrected chi connectivity index (χ0v) is 13.0. The van der Waals surface area contributed by atoms with Crippen LogP contribution in [-0.4, -0.2) is 44.0 Å². The monoisotopic (exact) mass is 315 g/mol. The number of benzene rings is 1. The van der Waals surface area contributed by atoms with Crippen LogP contribution in [0.15, 0.2) is 30.6 Å². The Hall–Kier alpha value is -2.37. The van der Waals surface area contributed by atoms with Gasteiger partial charge in [0.05, 0.1) is 17.4 Å². The van der Waals surface area contributed by atoms with Crippen molar-refractivity contribution in [1.82, 2.24) is 14.5 Å². The second-order valence-corrected chi connectivity index (χ2v) is 6.03. The molecule has 1 N–H and O–H groups in total. The smallest absolute Gasteiger partial charge is 0.303 e. The Morgan fingerprint density at radius 1 is 1.26 bits per heavy atom. The molecule has 0 saturated carbocycles. The van der Waals surface area contributed by atoms with Crippen LogP contribution in [0.25, 0.3) is 11.0 Å². The molecule has 0 radical (unpaired) electrons. The molecule has 0 aliphatic carbocycles. The highest BCUT2D eigenvalue weighted by Crippen LogP contribution is 2.22. The number of para-hydroxylation sites is 2. The van der Waals surface area contributed by atoms with Crippen molar-refractivity contribution in [2.75, 3.05) is 6.54 Å². The standard InChI is InChI=1S/C17H21N3O3/c21-16(11-19-12-18-14-6-1-2-7-15(14)19)20-10-4-3-5-13(20)8-9-17(22)23/h1-2,6-7,12-13H,3-5,8-11H2,(H,22,23). The number of hydrogen-bond acceptors (Lipinski definition) is 3. The van der Waals surface area contributed by atoms with Crippen LogP contribution in [0, 0.1) is 0 Å². The quantitative estimate of drug-likeness (QED) is 0.918. The molecule has 1 unspecified atom stereocenters. The first-order chi connectivity index (χ1) is 11.1. The van der Waals surface area contributed by atoms with Gasteiger partial charge in [0.2, 0.25) is 5.91 Å². The number of carboxylic acids is 1. The molecule has 1 aliphatic rings. The first kappa shape index (κ1) is 15.5. The number of hydrogen-bond donors (Lipinski definition) is 1. The summed E-state index contributed by atoms with van der Waals surface area (Å²) < 4.78 is 1.86. The average molecular weight is 315 g/mol. The molecule has 122 valence electrons. The molecular formula is C17H21N3O3. The van der Waals surface area contributed by atoms with Crippen LogP contribution in [-0.2, 0) is 16.1 Å². The van der Waals surface area contributed by atoms with E-state index in [1.165, 1.54) is 0 Å². The van der Waals surface area contributed by atoms with Gasteiger partial charge in [-0.15, -0.1) is 0 Å². The summed E-state index contributed by atoms with van der Waals surface area (Å²) in [4.78, 5) is 29.7. The molecular weight excluding hydrogens is 294 g/mol. The number of aliphatic carboxylic acids is 1. The Morgan fingerprint density at radius 2 is 2.09 bits per heavy atom. The summed E-state index contributed by atoms with van der Waals surface area (Å²) in [5, 5.41) is 8.88. The van der Waals surface area contributed by atoms with Crippen LogP contribution >= 0.6 is 0 Å². The molecule has 23 heavy (non-hydrogen) atoms. The van der Waals surface area contributed by atoms with Gasteiger partial charge >= 0.3 is 5.97 Å². The lowest BCUT2D eigenvalue weighted by molar-refractivity contribution is -0.140. The van der Waals surface area contributed by atoms with E-state index in [9.17, 15) is 9.59 Å². The summed E-state index contributed by atoms with van der Waals surface area (Å²) in [5.74, 6) is -0.758. The van der Waals surface area contributed by atoms with Crippen LogP contribution in [0.1, 0.15) is 32.1 Å². The van der Waals surface area contributed by atoms with Crippen LogP contribution in [0.4, 0.5) is 0 Å². The van der Waals surface area contributed by atoms with Crippen molar-refractivity contribution >= 4 is 22.9 Å². The molecule has 0 spiro atoms. The molecule has 1 aromatic carbocycles. The average Bonchev–Trinajstić information content (AvgIpc) is 2.96. The minimum absolute atomic E-state index is 0.0436. The highest BCUT2D eigenvalue weighted by atomic mass is 16.4. The second kappa shape index (κ2) is 6.81. The third kappa shape index (κ3) is 3.52. The van der Waals surface area contributed by atoms with E-state index in [1.807, 2.05) is 33.7 Å². The summed E-state index contributed by atoms with van der Waals surface area (Å²) in [6.07, 6.45) is 5.28. The van der Waals surface area contributed by atoms with Gasteiger partial charge in [-0.3, -0.25) is 9.59 Å². The molecule has 1 amide bonds. The van der Waals surface area contributed by atoms with Gasteiger partial charge in [0.25, 0.3) is 0 Å². The topological polar surface area (TPSA) is 75.4 Å². The van der Waals surface area contributed by atoms with Crippen LogP contribution in [0.5, 0.6) is 0 Å². The summed E-state index contributed by atoms with van der Waals surface area (Å²) >= 11 is 0. The molecule has 1 atom stereocenters. The number of rotatable bonds is 5. The Labute approximate surface area is 134 Å². The van der Waals surface area contributed by atoms with Crippen molar-refractivity contribution in [3.63, 3.8) is 0 Å². The lowest BCUT2D eigenvalue weighted by atomic mass is 9.98. The van der Waals surface area contributed by atoms with Gasteiger partial charge in [-0.05, 0) is 37.8 Å². The minimum atomic E-state index is -0.802. The highest BCUT2D eigenvalue weighted by Gasteiger charge is 2.27. The van der Waals surface area contributed by atoms with Gasteiger partial charge in [0.15, 0.2) is 0 Å². The number of fused-ring (bicyclic) bond motifs is 1. The lowest BCUT2D eigenvalue weighted by Crippen LogP contribution is -2.45. The SMILES string of the molecule is O=C(O)CCC1CCCCN1C(=O)Cn1cnc2ccccc21. The highest BCUT2D eigenvalue weighted by molar-refractivity contribution is 5.80. The fourth-order valence-corrected chi connectivity index (χ4v) is 3.29. The number of carbonyl (C=O) groups excluding carboxylic acids is 1. The van der Waals surface area contributed by atoms with Crippen molar-refractivity contribution in [2.24, 2.45) is 0 Å². The third-order valence-corrected chi connectivity index (χ3v) is 4.47. The van der Waals surface area contributed by atoms with Crippen LogP contribution in [0.2, 0.25) is 0 Å². The largest absolute Gasteiger partial charge is 0.481 e. The first-order valence-corrected chi connectivity index (χ1v) is 8.06. The van der Waals surface area contributed by atoms with E-state index >= 15 is 0 Å². The maximum absolute atomic E-state index is 12.7. The maximum atomic E-state index is 12.7. The van der Waals surface area contributed by atoms with Gasteiger partial charge in [-0.1, -0.05) is 12.1 Å². The number of aromatic nitrogens is 2. The summed E-state index contributed by atoms with van der Waals surface area (Å²) in [7, 11) is 0. The Balaban J connectivity index is 1.71. The van der Waals surface area contributed by atoms with Crippen molar-refractivity contribution in [2.45, 2.75) is 44.7 Å². The number of piperidine rings is 1. The van der Waals surface area contributed by atoms with E-state index in [0.29, 0.717) is 6.42 Å². The molecule has 1 aliphatic heterocycles. The second-order valence-electron chi connectivity index (χ2n) is 6.03. The van der Waals surface area contributed by atoms with Crippen molar-refractivity contribution in [3.8, 4) is 0 Å². The third-order valence-electron chi connectivity index (χ3n) is 4.47. The first-order valence-electron chi connectivity index (χ1n) is 8.06. The summed E-state index contributed by atoms with van der Waals surface area (Å²) in [6, 6.07) is 7.78. The maximum Gasteiger partial charge on any atom is 0.303 e. The molecule has 0 bridgehead atoms. The number of carbonyl (C=O) groups is 2. The molecule has 3 rings (SSSR count). The zero-order valence-electron chi connectivity index (χ0n) is 13.0. The van der Waals surface area contributed by atoms with Crippen molar-refractivity contribution in [3.05, 3.63) is 30.6 Å². The summed E-state index contributed by atoms with van der Waals surface area (Å²) in [5.41, 5.74) is 1.82. The van der Waals surface area contributed by atoms with Gasteiger partial charge in [0.1, 0.15) is 6.54 Å². The summed E-state index contributed by atoms with van der Waals surface area (Å²) in [6.45, 7) is 0.972. The number of carboxylic acid groups (broad SMARTS) is 1. The molecule has 2 aromatic rings. The van der Waals surface area contributed by atoms with Crippen molar-refractivity contribution < 1.29 is 14.7 Å². The molecule has 1 saturated heterocycles. The number of amides is 1. The molecule has 2 heterocycles. The van der Waals surface area contributed by atoms with Crippen LogP contribution in [0.3, 0.4) is 0 Å². The molecule has 1 fully saturated rings. The zero-order chi connectivity index (χ0) is 16.2. The van der Waals surface area contributed by atoms with E-state index in [0.717, 1.165) is 36.8 Å². The van der Waals surface area contributed by atoms with E-state index in [2.05, 4.69) is 4.98 Å². The number of likely N-dealkylation sites (tertiary alicyclic amines) is 1. The lowest BCUT2D eigenvalue weighted by Gasteiger charge is -2.35. The minimum Gasteiger partial charge on any atom is -0.481 e. The fraction of sp³-hybridized carbons (Fsp3) is 0.471. The van der Waals surface area contributed by atoms with Gasteiger partial charge in [-0.25, -0.2) is 4.98 Å². The Kier molecular flexibility index (Phi) is 4.60. The predicted octanol–water partition coefficient (Wildman–Crippen LogP) is 2.28. The number of imidazole rings is 1. The Morgan fingerprint density at radius 3 is 2.91 bits per heavy atom. The number of nitrogens with zero attached hydrogens (tertiary/aromatic N) is 3. The molecule has 1 aromatic heterocycles.